The molecule has 0 bridgehead atoms. The largest absolute Gasteiger partial charge is 0.497 e. The van der Waals surface area contributed by atoms with Crippen LogP contribution < -0.4 is 19.2 Å². The Bertz CT molecular complexity index is 1010. The zero-order valence-electron chi connectivity index (χ0n) is 15.2. The van der Waals surface area contributed by atoms with Gasteiger partial charge in [0.05, 0.1) is 37.6 Å². The quantitative estimate of drug-likeness (QED) is 0.757. The molecule has 2 aliphatic heterocycles. The van der Waals surface area contributed by atoms with Crippen molar-refractivity contribution in [2.24, 2.45) is 5.10 Å². The fraction of sp³-hybridized carbons (Fsp3) is 0.316. The van der Waals surface area contributed by atoms with E-state index in [1.165, 1.54) is 11.5 Å². The predicted molar refractivity (Wildman–Crippen MR) is 104 cm³/mol. The van der Waals surface area contributed by atoms with Crippen LogP contribution in [0.5, 0.6) is 11.5 Å². The Kier molecular flexibility index (Phi) is 4.81. The van der Waals surface area contributed by atoms with E-state index in [9.17, 15) is 4.79 Å². The van der Waals surface area contributed by atoms with Gasteiger partial charge in [0.15, 0.2) is 0 Å². The SMILES string of the molecule is COc1ccc(C2=NN(C(=O)CN3C=c4cnsc4=CC3)CC2)c(OC)c1. The van der Waals surface area contributed by atoms with Crippen LogP contribution in [0.1, 0.15) is 12.0 Å². The van der Waals surface area contributed by atoms with Crippen LogP contribution in [0.25, 0.3) is 12.3 Å². The fourth-order valence-electron chi connectivity index (χ4n) is 3.19. The van der Waals surface area contributed by atoms with E-state index in [-0.39, 0.29) is 5.91 Å². The minimum atomic E-state index is -0.0197. The van der Waals surface area contributed by atoms with Crippen LogP contribution >= 0.6 is 11.5 Å². The topological polar surface area (TPSA) is 67.3 Å². The Morgan fingerprint density at radius 1 is 1.30 bits per heavy atom. The van der Waals surface area contributed by atoms with Crippen LogP contribution in [0, 0.1) is 0 Å². The Balaban J connectivity index is 1.48. The summed E-state index contributed by atoms with van der Waals surface area (Å²) in [6.45, 7) is 1.58. The van der Waals surface area contributed by atoms with Gasteiger partial charge in [0, 0.05) is 42.2 Å². The molecule has 1 amide bonds. The first-order valence-corrected chi connectivity index (χ1v) is 9.42. The average molecular weight is 384 g/mol. The lowest BCUT2D eigenvalue weighted by Gasteiger charge is -2.21. The average Bonchev–Trinajstić information content (AvgIpc) is 3.36. The fourth-order valence-corrected chi connectivity index (χ4v) is 3.83. The number of amides is 1. The molecule has 27 heavy (non-hydrogen) atoms. The second kappa shape index (κ2) is 7.40. The summed E-state index contributed by atoms with van der Waals surface area (Å²) >= 11 is 1.47. The van der Waals surface area contributed by atoms with Crippen molar-refractivity contribution in [2.75, 3.05) is 33.9 Å². The van der Waals surface area contributed by atoms with Crippen LogP contribution in [-0.4, -0.2) is 59.8 Å². The number of aromatic nitrogens is 1. The van der Waals surface area contributed by atoms with Crippen molar-refractivity contribution in [3.8, 4) is 11.5 Å². The van der Waals surface area contributed by atoms with Crippen LogP contribution in [0.15, 0.2) is 29.5 Å². The van der Waals surface area contributed by atoms with E-state index in [1.54, 1.807) is 19.2 Å². The lowest BCUT2D eigenvalue weighted by Crippen LogP contribution is -2.39. The predicted octanol–water partition coefficient (Wildman–Crippen LogP) is 0.631. The van der Waals surface area contributed by atoms with Gasteiger partial charge in [-0.2, -0.15) is 9.47 Å². The van der Waals surface area contributed by atoms with Crippen LogP contribution in [0.2, 0.25) is 0 Å². The second-order valence-electron chi connectivity index (χ2n) is 6.29. The van der Waals surface area contributed by atoms with Crippen molar-refractivity contribution < 1.29 is 14.3 Å². The van der Waals surface area contributed by atoms with Crippen molar-refractivity contribution >= 4 is 35.4 Å². The maximum Gasteiger partial charge on any atom is 0.262 e. The monoisotopic (exact) mass is 384 g/mol. The van der Waals surface area contributed by atoms with E-state index in [0.717, 1.165) is 26.8 Å². The minimum Gasteiger partial charge on any atom is -0.497 e. The normalized spacial score (nSPS) is 15.6. The minimum absolute atomic E-state index is 0.0197. The van der Waals surface area contributed by atoms with Crippen molar-refractivity contribution in [3.63, 3.8) is 0 Å². The summed E-state index contributed by atoms with van der Waals surface area (Å²) in [5, 5.41) is 7.15. The molecule has 8 heteroatoms. The molecule has 0 saturated carbocycles. The maximum atomic E-state index is 12.7. The molecule has 0 radical (unpaired) electrons. The zero-order valence-corrected chi connectivity index (χ0v) is 16.0. The molecule has 0 fully saturated rings. The number of carbonyl (C=O) groups excluding carboxylic acids is 1. The highest BCUT2D eigenvalue weighted by molar-refractivity contribution is 7.03. The number of benzene rings is 1. The van der Waals surface area contributed by atoms with Gasteiger partial charge < -0.3 is 14.4 Å². The van der Waals surface area contributed by atoms with E-state index < -0.39 is 0 Å². The molecule has 0 N–H and O–H groups in total. The number of methoxy groups -OCH3 is 2. The standard InChI is InChI=1S/C19H20N4O3S/c1-25-14-3-4-15(17(9-14)26-2)16-5-8-23(21-16)19(24)12-22-7-6-18-13(11-22)10-20-27-18/h3-4,6,9-11H,5,7-8,12H2,1-2H3. The summed E-state index contributed by atoms with van der Waals surface area (Å²) in [4.78, 5) is 14.7. The number of fused-ring (bicyclic) bond motifs is 1. The molecule has 7 nitrogen and oxygen atoms in total. The summed E-state index contributed by atoms with van der Waals surface area (Å²) in [7, 11) is 3.24. The molecule has 0 spiro atoms. The molecule has 0 atom stereocenters. The molecule has 4 rings (SSSR count). The molecular weight excluding hydrogens is 364 g/mol. The lowest BCUT2D eigenvalue weighted by atomic mass is 10.1. The summed E-state index contributed by atoms with van der Waals surface area (Å²) in [6.07, 6.45) is 6.61. The molecule has 3 heterocycles. The van der Waals surface area contributed by atoms with Gasteiger partial charge in [0.25, 0.3) is 5.91 Å². The van der Waals surface area contributed by atoms with Gasteiger partial charge in [-0.25, -0.2) is 5.01 Å². The van der Waals surface area contributed by atoms with E-state index in [0.29, 0.717) is 31.8 Å². The van der Waals surface area contributed by atoms with Gasteiger partial charge in [-0.1, -0.05) is 0 Å². The molecule has 1 aromatic heterocycles. The zero-order chi connectivity index (χ0) is 18.8. The number of rotatable bonds is 5. The number of nitrogens with zero attached hydrogens (tertiary/aromatic N) is 4. The number of hydrogen-bond acceptors (Lipinski definition) is 7. The van der Waals surface area contributed by atoms with Crippen molar-refractivity contribution in [3.05, 3.63) is 39.7 Å². The van der Waals surface area contributed by atoms with Gasteiger partial charge >= 0.3 is 0 Å². The first-order valence-electron chi connectivity index (χ1n) is 8.65. The Morgan fingerprint density at radius 3 is 3.00 bits per heavy atom. The number of ether oxygens (including phenoxy) is 2. The molecular formula is C19H20N4O3S. The van der Waals surface area contributed by atoms with Gasteiger partial charge in [0.2, 0.25) is 0 Å². The van der Waals surface area contributed by atoms with Gasteiger partial charge in [-0.05, 0) is 29.7 Å². The first-order chi connectivity index (χ1) is 13.2. The number of hydrogen-bond donors (Lipinski definition) is 0. The van der Waals surface area contributed by atoms with Crippen molar-refractivity contribution in [2.45, 2.75) is 6.42 Å². The van der Waals surface area contributed by atoms with Gasteiger partial charge in [-0.3, -0.25) is 4.79 Å². The number of hydrazone groups is 1. The summed E-state index contributed by atoms with van der Waals surface area (Å²) in [5.41, 5.74) is 1.74. The summed E-state index contributed by atoms with van der Waals surface area (Å²) in [5.74, 6) is 1.40. The highest BCUT2D eigenvalue weighted by Gasteiger charge is 2.24. The third kappa shape index (κ3) is 3.52. The molecule has 1 aromatic carbocycles. The van der Waals surface area contributed by atoms with Crippen LogP contribution in [0.4, 0.5) is 0 Å². The van der Waals surface area contributed by atoms with Crippen LogP contribution in [-0.2, 0) is 4.79 Å². The Hall–Kier alpha value is -2.87. The smallest absolute Gasteiger partial charge is 0.262 e. The molecule has 0 aliphatic carbocycles. The van der Waals surface area contributed by atoms with Crippen LogP contribution in [0.3, 0.4) is 0 Å². The third-order valence-electron chi connectivity index (χ3n) is 4.61. The molecule has 140 valence electrons. The lowest BCUT2D eigenvalue weighted by molar-refractivity contribution is -0.131. The molecule has 2 aromatic rings. The Morgan fingerprint density at radius 2 is 2.19 bits per heavy atom. The van der Waals surface area contributed by atoms with Gasteiger partial charge in [-0.15, -0.1) is 0 Å². The van der Waals surface area contributed by atoms with Crippen molar-refractivity contribution in [1.29, 1.82) is 0 Å². The van der Waals surface area contributed by atoms with E-state index in [1.807, 2.05) is 35.5 Å². The van der Waals surface area contributed by atoms with E-state index in [2.05, 4.69) is 15.6 Å². The van der Waals surface area contributed by atoms with Crippen molar-refractivity contribution in [1.82, 2.24) is 14.3 Å². The van der Waals surface area contributed by atoms with Gasteiger partial charge in [0.1, 0.15) is 11.5 Å². The summed E-state index contributed by atoms with van der Waals surface area (Å²) in [6, 6.07) is 5.62. The number of carbonyl (C=O) groups is 1. The van der Waals surface area contributed by atoms with E-state index in [4.69, 9.17) is 9.47 Å². The van der Waals surface area contributed by atoms with E-state index >= 15 is 0 Å². The third-order valence-corrected chi connectivity index (χ3v) is 5.42. The molecule has 0 saturated heterocycles. The highest BCUT2D eigenvalue weighted by atomic mass is 32.1. The molecule has 0 unspecified atom stereocenters. The Labute approximate surface area is 161 Å². The second-order valence-corrected chi connectivity index (χ2v) is 7.12. The summed E-state index contributed by atoms with van der Waals surface area (Å²) < 4.78 is 16.0. The first kappa shape index (κ1) is 17.5. The maximum absolute atomic E-state index is 12.7. The highest BCUT2D eigenvalue weighted by Crippen LogP contribution is 2.27. The molecule has 2 aliphatic rings.